The quantitative estimate of drug-likeness (QED) is 0.877. The van der Waals surface area contributed by atoms with Gasteiger partial charge in [-0.1, -0.05) is 0 Å². The zero-order valence-electron chi connectivity index (χ0n) is 10.1. The molecule has 0 spiro atoms. The lowest BCUT2D eigenvalue weighted by atomic mass is 10.2. The van der Waals surface area contributed by atoms with Crippen LogP contribution in [0.15, 0.2) is 29.0 Å². The first-order valence-corrected chi connectivity index (χ1v) is 7.00. The molecule has 3 rings (SSSR count). The molecule has 0 aromatic carbocycles. The number of rotatable bonds is 1. The van der Waals surface area contributed by atoms with Gasteiger partial charge in [-0.25, -0.2) is 0 Å². The Labute approximate surface area is 115 Å². The van der Waals surface area contributed by atoms with Crippen LogP contribution < -0.4 is 10.2 Å². The summed E-state index contributed by atoms with van der Waals surface area (Å²) in [6.07, 6.45) is 4.87. The van der Waals surface area contributed by atoms with Crippen LogP contribution in [0, 0.1) is 0 Å². The number of halogens is 1. The smallest absolute Gasteiger partial charge is 0.112 e. The van der Waals surface area contributed by atoms with Crippen LogP contribution in [0.1, 0.15) is 6.42 Å². The molecule has 3 heterocycles. The number of nitrogens with zero attached hydrogens (tertiary/aromatic N) is 3. The lowest BCUT2D eigenvalue weighted by molar-refractivity contribution is 0.724. The molecule has 0 radical (unpaired) electrons. The minimum absolute atomic E-state index is 0.944. The Morgan fingerprint density at radius 3 is 3.11 bits per heavy atom. The molecule has 1 aliphatic rings. The maximum Gasteiger partial charge on any atom is 0.112 e. The largest absolute Gasteiger partial charge is 0.368 e. The first kappa shape index (κ1) is 11.9. The van der Waals surface area contributed by atoms with Gasteiger partial charge in [0.15, 0.2) is 0 Å². The van der Waals surface area contributed by atoms with Gasteiger partial charge in [-0.05, 0) is 41.0 Å². The van der Waals surface area contributed by atoms with E-state index in [-0.39, 0.29) is 0 Å². The second-order valence-corrected chi connectivity index (χ2v) is 5.36. The van der Waals surface area contributed by atoms with Gasteiger partial charge in [-0.2, -0.15) is 0 Å². The molecule has 2 aromatic heterocycles. The Balaban J connectivity index is 2.04. The SMILES string of the molecule is Brc1cnc2c(N3CCCNCC3)ccnc2c1. The van der Waals surface area contributed by atoms with Crippen LogP contribution in [0.2, 0.25) is 0 Å². The van der Waals surface area contributed by atoms with Gasteiger partial charge >= 0.3 is 0 Å². The summed E-state index contributed by atoms with van der Waals surface area (Å²) in [7, 11) is 0. The predicted octanol–water partition coefficient (Wildman–Crippen LogP) is 2.19. The van der Waals surface area contributed by atoms with E-state index < -0.39 is 0 Å². The Morgan fingerprint density at radius 2 is 2.17 bits per heavy atom. The third-order valence-electron chi connectivity index (χ3n) is 3.20. The van der Waals surface area contributed by atoms with Gasteiger partial charge in [0.2, 0.25) is 0 Å². The molecular formula is C13H15BrN4. The number of pyridine rings is 2. The molecule has 5 heteroatoms. The zero-order valence-corrected chi connectivity index (χ0v) is 11.7. The van der Waals surface area contributed by atoms with Crippen LogP contribution in [-0.4, -0.2) is 36.1 Å². The van der Waals surface area contributed by atoms with Crippen molar-refractivity contribution >= 4 is 32.7 Å². The van der Waals surface area contributed by atoms with Crippen LogP contribution in [0.25, 0.3) is 11.0 Å². The molecule has 1 N–H and O–H groups in total. The third-order valence-corrected chi connectivity index (χ3v) is 3.64. The van der Waals surface area contributed by atoms with E-state index in [1.54, 1.807) is 0 Å². The Morgan fingerprint density at radius 1 is 1.22 bits per heavy atom. The van der Waals surface area contributed by atoms with Crippen molar-refractivity contribution < 1.29 is 0 Å². The number of fused-ring (bicyclic) bond motifs is 1. The zero-order chi connectivity index (χ0) is 12.4. The molecule has 94 valence electrons. The molecule has 0 unspecified atom stereocenters. The molecule has 0 saturated carbocycles. The first-order chi connectivity index (χ1) is 8.84. The predicted molar refractivity (Wildman–Crippen MR) is 76.9 cm³/mol. The normalized spacial score (nSPS) is 16.8. The molecule has 1 aliphatic heterocycles. The van der Waals surface area contributed by atoms with E-state index in [0.717, 1.165) is 41.7 Å². The fraction of sp³-hybridized carbons (Fsp3) is 0.385. The molecule has 18 heavy (non-hydrogen) atoms. The number of anilines is 1. The van der Waals surface area contributed by atoms with E-state index in [9.17, 15) is 0 Å². The summed E-state index contributed by atoms with van der Waals surface area (Å²) in [6.45, 7) is 4.22. The molecule has 1 fully saturated rings. The van der Waals surface area contributed by atoms with Crippen molar-refractivity contribution in [2.75, 3.05) is 31.1 Å². The van der Waals surface area contributed by atoms with Gasteiger partial charge in [0.05, 0.1) is 11.2 Å². The van der Waals surface area contributed by atoms with Gasteiger partial charge in [0, 0.05) is 36.5 Å². The molecule has 0 aliphatic carbocycles. The van der Waals surface area contributed by atoms with Crippen molar-refractivity contribution in [3.8, 4) is 0 Å². The second kappa shape index (κ2) is 5.20. The summed E-state index contributed by atoms with van der Waals surface area (Å²) in [6, 6.07) is 4.08. The van der Waals surface area contributed by atoms with E-state index in [1.165, 1.54) is 12.1 Å². The standard InChI is InChI=1S/C13H15BrN4/c14-10-8-11-13(17-9-10)12(2-4-16-11)18-6-1-3-15-5-7-18/h2,4,8-9,15H,1,3,5-7H2. The van der Waals surface area contributed by atoms with Crippen molar-refractivity contribution in [3.63, 3.8) is 0 Å². The highest BCUT2D eigenvalue weighted by molar-refractivity contribution is 9.10. The molecule has 0 bridgehead atoms. The van der Waals surface area contributed by atoms with E-state index in [0.29, 0.717) is 0 Å². The molecule has 0 amide bonds. The van der Waals surface area contributed by atoms with Crippen molar-refractivity contribution in [1.82, 2.24) is 15.3 Å². The Kier molecular flexibility index (Phi) is 3.43. The van der Waals surface area contributed by atoms with Crippen molar-refractivity contribution in [2.45, 2.75) is 6.42 Å². The van der Waals surface area contributed by atoms with Gasteiger partial charge < -0.3 is 10.2 Å². The van der Waals surface area contributed by atoms with Crippen LogP contribution in [0.4, 0.5) is 5.69 Å². The Bertz CT molecular complexity index is 550. The summed E-state index contributed by atoms with van der Waals surface area (Å²) in [5.41, 5.74) is 3.12. The van der Waals surface area contributed by atoms with E-state index in [1.807, 2.05) is 18.5 Å². The van der Waals surface area contributed by atoms with Gasteiger partial charge in [-0.15, -0.1) is 0 Å². The summed E-state index contributed by atoms with van der Waals surface area (Å²) in [4.78, 5) is 11.3. The number of nitrogens with one attached hydrogen (secondary N) is 1. The maximum absolute atomic E-state index is 4.52. The summed E-state index contributed by atoms with van der Waals surface area (Å²) < 4.78 is 0.970. The van der Waals surface area contributed by atoms with Gasteiger partial charge in [-0.3, -0.25) is 9.97 Å². The summed E-state index contributed by atoms with van der Waals surface area (Å²) in [5.74, 6) is 0. The lowest BCUT2D eigenvalue weighted by Gasteiger charge is -2.23. The van der Waals surface area contributed by atoms with Crippen molar-refractivity contribution in [1.29, 1.82) is 0 Å². The number of hydrogen-bond acceptors (Lipinski definition) is 4. The monoisotopic (exact) mass is 306 g/mol. The molecule has 1 saturated heterocycles. The van der Waals surface area contributed by atoms with Crippen LogP contribution in [-0.2, 0) is 0 Å². The average Bonchev–Trinajstić information content (AvgIpc) is 2.66. The highest BCUT2D eigenvalue weighted by Crippen LogP contribution is 2.25. The van der Waals surface area contributed by atoms with Crippen molar-refractivity contribution in [3.05, 3.63) is 29.0 Å². The maximum atomic E-state index is 4.52. The summed E-state index contributed by atoms with van der Waals surface area (Å²) in [5, 5.41) is 3.42. The summed E-state index contributed by atoms with van der Waals surface area (Å²) >= 11 is 3.44. The third kappa shape index (κ3) is 2.33. The molecule has 2 aromatic rings. The first-order valence-electron chi connectivity index (χ1n) is 6.20. The minimum Gasteiger partial charge on any atom is -0.368 e. The fourth-order valence-corrected chi connectivity index (χ4v) is 2.65. The van der Waals surface area contributed by atoms with E-state index in [4.69, 9.17) is 0 Å². The topological polar surface area (TPSA) is 41.1 Å². The second-order valence-electron chi connectivity index (χ2n) is 4.44. The highest BCUT2D eigenvalue weighted by atomic mass is 79.9. The highest BCUT2D eigenvalue weighted by Gasteiger charge is 2.13. The van der Waals surface area contributed by atoms with Crippen LogP contribution >= 0.6 is 15.9 Å². The molecule has 0 atom stereocenters. The Hall–Kier alpha value is -1.20. The molecule has 4 nitrogen and oxygen atoms in total. The van der Waals surface area contributed by atoms with Crippen molar-refractivity contribution in [2.24, 2.45) is 0 Å². The number of hydrogen-bond donors (Lipinski definition) is 1. The van der Waals surface area contributed by atoms with Gasteiger partial charge in [0.25, 0.3) is 0 Å². The minimum atomic E-state index is 0.944. The van der Waals surface area contributed by atoms with Crippen LogP contribution in [0.5, 0.6) is 0 Å². The number of aromatic nitrogens is 2. The van der Waals surface area contributed by atoms with E-state index in [2.05, 4.69) is 42.2 Å². The van der Waals surface area contributed by atoms with E-state index >= 15 is 0 Å². The fourth-order valence-electron chi connectivity index (χ4n) is 2.33. The van der Waals surface area contributed by atoms with Gasteiger partial charge in [0.1, 0.15) is 5.52 Å². The van der Waals surface area contributed by atoms with Crippen LogP contribution in [0.3, 0.4) is 0 Å². The average molecular weight is 307 g/mol. The molecular weight excluding hydrogens is 292 g/mol. The lowest BCUT2D eigenvalue weighted by Crippen LogP contribution is -2.28.